The largest absolute Gasteiger partial charge is 0.477 e. The number of anilines is 1. The standard InChI is InChI=1S/C13H16N2O5/c16-13(17)11-4-3-10(7-12(11)15(18)19)14-5-6-20-8-9-1-2-9/h3-4,7,9,14H,1-2,5-6,8H2,(H,16,17). The average Bonchev–Trinajstić information content (AvgIpc) is 3.22. The van der Waals surface area contributed by atoms with Gasteiger partial charge in [0, 0.05) is 24.9 Å². The van der Waals surface area contributed by atoms with E-state index in [2.05, 4.69) is 5.32 Å². The molecule has 0 unspecified atom stereocenters. The molecule has 1 aliphatic rings. The zero-order valence-electron chi connectivity index (χ0n) is 10.9. The lowest BCUT2D eigenvalue weighted by Crippen LogP contribution is -2.11. The second-order valence-corrected chi connectivity index (χ2v) is 4.74. The number of nitrogens with zero attached hydrogens (tertiary/aromatic N) is 1. The van der Waals surface area contributed by atoms with Crippen molar-refractivity contribution < 1.29 is 19.6 Å². The van der Waals surface area contributed by atoms with Crippen molar-refractivity contribution in [2.75, 3.05) is 25.1 Å². The number of hydrogen-bond acceptors (Lipinski definition) is 5. The molecule has 0 atom stereocenters. The highest BCUT2D eigenvalue weighted by Crippen LogP contribution is 2.28. The van der Waals surface area contributed by atoms with E-state index < -0.39 is 16.6 Å². The SMILES string of the molecule is O=C(O)c1ccc(NCCOCC2CC2)cc1[N+](=O)[O-]. The Labute approximate surface area is 115 Å². The number of hydrogen-bond donors (Lipinski definition) is 2. The van der Waals surface area contributed by atoms with E-state index in [0.29, 0.717) is 24.8 Å². The van der Waals surface area contributed by atoms with Gasteiger partial charge >= 0.3 is 5.97 Å². The van der Waals surface area contributed by atoms with Crippen molar-refractivity contribution in [3.8, 4) is 0 Å². The van der Waals surface area contributed by atoms with E-state index in [1.54, 1.807) is 0 Å². The summed E-state index contributed by atoms with van der Waals surface area (Å²) in [5.74, 6) is -0.609. The third-order valence-corrected chi connectivity index (χ3v) is 3.05. The van der Waals surface area contributed by atoms with Gasteiger partial charge in [-0.3, -0.25) is 10.1 Å². The topological polar surface area (TPSA) is 102 Å². The van der Waals surface area contributed by atoms with Crippen LogP contribution >= 0.6 is 0 Å². The van der Waals surface area contributed by atoms with Crippen LogP contribution in [0.15, 0.2) is 18.2 Å². The molecule has 0 amide bonds. The minimum Gasteiger partial charge on any atom is -0.477 e. The summed E-state index contributed by atoms with van der Waals surface area (Å²) >= 11 is 0. The molecule has 7 nitrogen and oxygen atoms in total. The maximum absolute atomic E-state index is 10.9. The Morgan fingerprint density at radius 3 is 2.85 bits per heavy atom. The number of carbonyl (C=O) groups is 1. The number of carboxylic acid groups (broad SMARTS) is 1. The van der Waals surface area contributed by atoms with Crippen LogP contribution in [0.5, 0.6) is 0 Å². The first-order chi connectivity index (χ1) is 9.58. The van der Waals surface area contributed by atoms with Crippen molar-refractivity contribution in [3.05, 3.63) is 33.9 Å². The van der Waals surface area contributed by atoms with Crippen molar-refractivity contribution in [1.29, 1.82) is 0 Å². The van der Waals surface area contributed by atoms with Gasteiger partial charge < -0.3 is 15.2 Å². The van der Waals surface area contributed by atoms with Crippen molar-refractivity contribution in [3.63, 3.8) is 0 Å². The first kappa shape index (κ1) is 14.3. The maximum atomic E-state index is 10.9. The van der Waals surface area contributed by atoms with Gasteiger partial charge in [-0.05, 0) is 30.9 Å². The molecular weight excluding hydrogens is 264 g/mol. The fourth-order valence-corrected chi connectivity index (χ4v) is 1.78. The molecule has 1 aromatic rings. The molecule has 1 aliphatic carbocycles. The molecule has 0 aromatic heterocycles. The summed E-state index contributed by atoms with van der Waals surface area (Å²) in [5.41, 5.74) is -0.219. The molecule has 1 aromatic carbocycles. The van der Waals surface area contributed by atoms with Crippen LogP contribution in [0.4, 0.5) is 11.4 Å². The quantitative estimate of drug-likeness (QED) is 0.429. The summed E-state index contributed by atoms with van der Waals surface area (Å²) in [4.78, 5) is 21.0. The number of nitrogens with one attached hydrogen (secondary N) is 1. The number of carboxylic acids is 1. The minimum absolute atomic E-state index is 0.314. The molecule has 2 N–H and O–H groups in total. The fourth-order valence-electron chi connectivity index (χ4n) is 1.78. The summed E-state index contributed by atoms with van der Waals surface area (Å²) in [5, 5.41) is 22.7. The molecule has 0 aliphatic heterocycles. The van der Waals surface area contributed by atoms with Crippen molar-refractivity contribution in [2.45, 2.75) is 12.8 Å². The molecule has 108 valence electrons. The number of nitro groups is 1. The van der Waals surface area contributed by atoms with E-state index in [9.17, 15) is 14.9 Å². The fraction of sp³-hybridized carbons (Fsp3) is 0.462. The second-order valence-electron chi connectivity index (χ2n) is 4.74. The highest BCUT2D eigenvalue weighted by Gasteiger charge is 2.21. The predicted molar refractivity (Wildman–Crippen MR) is 72.1 cm³/mol. The van der Waals surface area contributed by atoms with Crippen LogP contribution in [0.25, 0.3) is 0 Å². The van der Waals surface area contributed by atoms with Gasteiger partial charge in [-0.15, -0.1) is 0 Å². The lowest BCUT2D eigenvalue weighted by atomic mass is 10.1. The van der Waals surface area contributed by atoms with Crippen LogP contribution in [0.3, 0.4) is 0 Å². The zero-order chi connectivity index (χ0) is 14.5. The van der Waals surface area contributed by atoms with Gasteiger partial charge in [-0.1, -0.05) is 0 Å². The Morgan fingerprint density at radius 1 is 1.50 bits per heavy atom. The van der Waals surface area contributed by atoms with E-state index >= 15 is 0 Å². The molecule has 0 spiro atoms. The van der Waals surface area contributed by atoms with Crippen LogP contribution < -0.4 is 5.32 Å². The number of rotatable bonds is 8. The summed E-state index contributed by atoms with van der Waals surface area (Å²) in [6.07, 6.45) is 2.46. The molecule has 0 bridgehead atoms. The molecular formula is C13H16N2O5. The molecule has 1 fully saturated rings. The summed E-state index contributed by atoms with van der Waals surface area (Å²) in [7, 11) is 0. The van der Waals surface area contributed by atoms with Crippen molar-refractivity contribution in [2.24, 2.45) is 5.92 Å². The van der Waals surface area contributed by atoms with E-state index in [4.69, 9.17) is 9.84 Å². The maximum Gasteiger partial charge on any atom is 0.342 e. The van der Waals surface area contributed by atoms with Crippen LogP contribution in [0.2, 0.25) is 0 Å². The molecule has 0 radical (unpaired) electrons. The average molecular weight is 280 g/mol. The Kier molecular flexibility index (Phi) is 4.52. The smallest absolute Gasteiger partial charge is 0.342 e. The summed E-state index contributed by atoms with van der Waals surface area (Å²) in [6.45, 7) is 1.81. The Bertz CT molecular complexity index is 513. The lowest BCUT2D eigenvalue weighted by Gasteiger charge is -2.07. The molecule has 7 heteroatoms. The zero-order valence-corrected chi connectivity index (χ0v) is 10.9. The number of aromatic carboxylic acids is 1. The third-order valence-electron chi connectivity index (χ3n) is 3.05. The number of ether oxygens (including phenoxy) is 1. The van der Waals surface area contributed by atoms with Gasteiger partial charge in [0.2, 0.25) is 0 Å². The second kappa shape index (κ2) is 6.33. The Morgan fingerprint density at radius 2 is 2.25 bits per heavy atom. The Hall–Kier alpha value is -2.15. The van der Waals surface area contributed by atoms with Gasteiger partial charge in [-0.25, -0.2) is 4.79 Å². The molecule has 1 saturated carbocycles. The first-order valence-corrected chi connectivity index (χ1v) is 6.41. The minimum atomic E-state index is -1.31. The van der Waals surface area contributed by atoms with Gasteiger partial charge in [-0.2, -0.15) is 0 Å². The van der Waals surface area contributed by atoms with E-state index in [-0.39, 0.29) is 5.56 Å². The van der Waals surface area contributed by atoms with Crippen molar-refractivity contribution in [1.82, 2.24) is 0 Å². The van der Waals surface area contributed by atoms with Gasteiger partial charge in [0.1, 0.15) is 5.56 Å². The highest BCUT2D eigenvalue weighted by molar-refractivity contribution is 5.93. The van der Waals surface area contributed by atoms with Gasteiger partial charge in [0.05, 0.1) is 11.5 Å². The predicted octanol–water partition coefficient (Wildman–Crippen LogP) is 2.13. The molecule has 0 heterocycles. The van der Waals surface area contributed by atoms with Crippen LogP contribution in [0.1, 0.15) is 23.2 Å². The third kappa shape index (κ3) is 3.92. The lowest BCUT2D eigenvalue weighted by molar-refractivity contribution is -0.385. The first-order valence-electron chi connectivity index (χ1n) is 6.41. The summed E-state index contributed by atoms with van der Waals surface area (Å²) in [6, 6.07) is 3.97. The van der Waals surface area contributed by atoms with Crippen molar-refractivity contribution >= 4 is 17.3 Å². The molecule has 20 heavy (non-hydrogen) atoms. The van der Waals surface area contributed by atoms with E-state index in [0.717, 1.165) is 6.61 Å². The van der Waals surface area contributed by atoms with E-state index in [1.165, 1.54) is 31.0 Å². The number of benzene rings is 1. The Balaban J connectivity index is 1.88. The van der Waals surface area contributed by atoms with Gasteiger partial charge in [0.25, 0.3) is 5.69 Å². The van der Waals surface area contributed by atoms with Crippen LogP contribution in [-0.2, 0) is 4.74 Å². The normalized spacial score (nSPS) is 14.0. The number of nitro benzene ring substituents is 1. The monoisotopic (exact) mass is 280 g/mol. The molecule has 2 rings (SSSR count). The van der Waals surface area contributed by atoms with Crippen LogP contribution in [0, 0.1) is 16.0 Å². The highest BCUT2D eigenvalue weighted by atomic mass is 16.6. The van der Waals surface area contributed by atoms with Crippen LogP contribution in [-0.4, -0.2) is 35.8 Å². The van der Waals surface area contributed by atoms with E-state index in [1.807, 2.05) is 0 Å². The summed E-state index contributed by atoms with van der Waals surface area (Å²) < 4.78 is 5.43. The van der Waals surface area contributed by atoms with Gasteiger partial charge in [0.15, 0.2) is 0 Å². The molecule has 0 saturated heterocycles.